The molecule has 4 rings (SSSR count). The second-order valence-electron chi connectivity index (χ2n) is 7.36. The smallest absolute Gasteiger partial charge is 0.246 e. The van der Waals surface area contributed by atoms with Crippen molar-refractivity contribution in [1.82, 2.24) is 19.4 Å². The van der Waals surface area contributed by atoms with Crippen LogP contribution in [0.15, 0.2) is 35.2 Å². The van der Waals surface area contributed by atoms with Crippen LogP contribution in [0.3, 0.4) is 0 Å². The number of aromatic nitrogens is 2. The minimum Gasteiger partial charge on any atom is -0.314 e. The van der Waals surface area contributed by atoms with E-state index in [2.05, 4.69) is 10.4 Å². The Morgan fingerprint density at radius 3 is 2.69 bits per heavy atom. The second kappa shape index (κ2) is 6.79. The zero-order chi connectivity index (χ0) is 18.3. The molecule has 0 unspecified atom stereocenters. The standard InChI is InChI=1S/C19H26N4O2S/c1-14-19(15(2)23(21-14)17-8-4-3-5-9-17)26(24,25)22-12-10-18-16(13-22)7-6-11-20-18/h3-5,8-9,16,18,20H,6-7,10-13H2,1-2H3/t16-,18+/m1/s1. The Bertz CT molecular complexity index is 892. The predicted octanol–water partition coefficient (Wildman–Crippen LogP) is 2.25. The summed E-state index contributed by atoms with van der Waals surface area (Å²) in [4.78, 5) is 0.364. The van der Waals surface area contributed by atoms with E-state index in [1.165, 1.54) is 0 Å². The van der Waals surface area contributed by atoms with Crippen molar-refractivity contribution in [2.24, 2.45) is 5.92 Å². The van der Waals surface area contributed by atoms with Gasteiger partial charge < -0.3 is 5.32 Å². The number of para-hydroxylation sites is 1. The van der Waals surface area contributed by atoms with Gasteiger partial charge in [0.25, 0.3) is 0 Å². The summed E-state index contributed by atoms with van der Waals surface area (Å²) in [6.45, 7) is 5.86. The van der Waals surface area contributed by atoms with Gasteiger partial charge in [-0.15, -0.1) is 0 Å². The molecule has 0 radical (unpaired) electrons. The number of aryl methyl sites for hydroxylation is 1. The Hall–Kier alpha value is -1.70. The van der Waals surface area contributed by atoms with Gasteiger partial charge in [0, 0.05) is 19.1 Å². The monoisotopic (exact) mass is 374 g/mol. The molecule has 3 heterocycles. The van der Waals surface area contributed by atoms with Gasteiger partial charge in [-0.05, 0) is 57.7 Å². The van der Waals surface area contributed by atoms with Crippen LogP contribution in [0.1, 0.15) is 30.7 Å². The number of piperidine rings is 2. The van der Waals surface area contributed by atoms with Crippen LogP contribution in [0.4, 0.5) is 0 Å². The molecule has 0 saturated carbocycles. The molecule has 2 aromatic rings. The molecule has 26 heavy (non-hydrogen) atoms. The molecule has 1 aromatic carbocycles. The van der Waals surface area contributed by atoms with E-state index < -0.39 is 10.0 Å². The first-order valence-corrected chi connectivity index (χ1v) is 10.8. The molecule has 140 valence electrons. The number of sulfonamides is 1. The third kappa shape index (κ3) is 2.98. The van der Waals surface area contributed by atoms with E-state index in [-0.39, 0.29) is 0 Å². The maximum Gasteiger partial charge on any atom is 0.246 e. The molecule has 2 atom stereocenters. The molecule has 7 heteroatoms. The van der Waals surface area contributed by atoms with Gasteiger partial charge in [-0.25, -0.2) is 13.1 Å². The molecule has 2 aliphatic rings. The number of hydrogen-bond donors (Lipinski definition) is 1. The van der Waals surface area contributed by atoms with E-state index in [1.807, 2.05) is 37.3 Å². The van der Waals surface area contributed by atoms with Crippen molar-refractivity contribution in [3.05, 3.63) is 41.7 Å². The van der Waals surface area contributed by atoms with Crippen LogP contribution >= 0.6 is 0 Å². The van der Waals surface area contributed by atoms with Crippen molar-refractivity contribution in [1.29, 1.82) is 0 Å². The first-order chi connectivity index (χ1) is 12.5. The molecule has 0 amide bonds. The Balaban J connectivity index is 1.67. The Labute approximate surface area is 155 Å². The van der Waals surface area contributed by atoms with Gasteiger partial charge in [0.05, 0.1) is 17.1 Å². The normalized spacial score (nSPS) is 24.4. The van der Waals surface area contributed by atoms with Crippen molar-refractivity contribution in [3.63, 3.8) is 0 Å². The fraction of sp³-hybridized carbons (Fsp3) is 0.526. The van der Waals surface area contributed by atoms with Crippen LogP contribution in [-0.4, -0.2) is 48.2 Å². The summed E-state index contributed by atoms with van der Waals surface area (Å²) >= 11 is 0. The van der Waals surface area contributed by atoms with Gasteiger partial charge in [-0.3, -0.25) is 0 Å². The molecular weight excluding hydrogens is 348 g/mol. The quantitative estimate of drug-likeness (QED) is 0.895. The van der Waals surface area contributed by atoms with Crippen molar-refractivity contribution in [3.8, 4) is 5.69 Å². The number of benzene rings is 1. The third-order valence-electron chi connectivity index (χ3n) is 5.68. The molecule has 6 nitrogen and oxygen atoms in total. The summed E-state index contributed by atoms with van der Waals surface area (Å²) < 4.78 is 30.2. The average Bonchev–Trinajstić information content (AvgIpc) is 2.97. The fourth-order valence-electron chi connectivity index (χ4n) is 4.38. The van der Waals surface area contributed by atoms with Crippen LogP contribution in [0.2, 0.25) is 0 Å². The number of nitrogens with one attached hydrogen (secondary N) is 1. The lowest BCUT2D eigenvalue weighted by Crippen LogP contribution is -2.53. The zero-order valence-electron chi connectivity index (χ0n) is 15.4. The summed E-state index contributed by atoms with van der Waals surface area (Å²) in [7, 11) is -3.54. The van der Waals surface area contributed by atoms with Gasteiger partial charge in [0.2, 0.25) is 10.0 Å². The maximum absolute atomic E-state index is 13.4. The highest BCUT2D eigenvalue weighted by molar-refractivity contribution is 7.89. The summed E-state index contributed by atoms with van der Waals surface area (Å²) in [5.41, 5.74) is 2.12. The van der Waals surface area contributed by atoms with Crippen molar-refractivity contribution < 1.29 is 8.42 Å². The Kier molecular flexibility index (Phi) is 4.62. The molecule has 1 N–H and O–H groups in total. The molecule has 0 aliphatic carbocycles. The largest absolute Gasteiger partial charge is 0.314 e. The maximum atomic E-state index is 13.4. The van der Waals surface area contributed by atoms with E-state index in [9.17, 15) is 8.42 Å². The van der Waals surface area contributed by atoms with Gasteiger partial charge in [0.15, 0.2) is 0 Å². The SMILES string of the molecule is Cc1nn(-c2ccccc2)c(C)c1S(=O)(=O)N1CC[C@@H]2NCCC[C@@H]2C1. The predicted molar refractivity (Wildman–Crippen MR) is 101 cm³/mol. The number of nitrogens with zero attached hydrogens (tertiary/aromatic N) is 3. The van der Waals surface area contributed by atoms with Gasteiger partial charge >= 0.3 is 0 Å². The summed E-state index contributed by atoms with van der Waals surface area (Å²) in [6, 6.07) is 10.1. The Morgan fingerprint density at radius 1 is 1.15 bits per heavy atom. The number of hydrogen-bond acceptors (Lipinski definition) is 4. The first-order valence-electron chi connectivity index (χ1n) is 9.33. The minimum absolute atomic E-state index is 0.364. The van der Waals surface area contributed by atoms with Crippen LogP contribution in [-0.2, 0) is 10.0 Å². The Morgan fingerprint density at radius 2 is 1.92 bits per heavy atom. The topological polar surface area (TPSA) is 67.2 Å². The average molecular weight is 375 g/mol. The number of rotatable bonds is 3. The first kappa shape index (κ1) is 17.7. The molecule has 1 aromatic heterocycles. The highest BCUT2D eigenvalue weighted by atomic mass is 32.2. The van der Waals surface area contributed by atoms with Crippen molar-refractivity contribution in [2.45, 2.75) is 44.0 Å². The van der Waals surface area contributed by atoms with Crippen molar-refractivity contribution >= 4 is 10.0 Å². The molecule has 2 saturated heterocycles. The molecule has 2 aliphatic heterocycles. The zero-order valence-corrected chi connectivity index (χ0v) is 16.2. The van der Waals surface area contributed by atoms with E-state index in [1.54, 1.807) is 15.9 Å². The van der Waals surface area contributed by atoms with Crippen LogP contribution in [0.5, 0.6) is 0 Å². The molecule has 0 spiro atoms. The molecular formula is C19H26N4O2S. The van der Waals surface area contributed by atoms with Crippen molar-refractivity contribution in [2.75, 3.05) is 19.6 Å². The van der Waals surface area contributed by atoms with E-state index in [0.29, 0.717) is 41.3 Å². The highest BCUT2D eigenvalue weighted by Crippen LogP contribution is 2.31. The lowest BCUT2D eigenvalue weighted by molar-refractivity contribution is 0.170. The summed E-state index contributed by atoms with van der Waals surface area (Å²) in [6.07, 6.45) is 3.11. The minimum atomic E-state index is -3.54. The van der Waals surface area contributed by atoms with Gasteiger partial charge in [0.1, 0.15) is 4.90 Å². The van der Waals surface area contributed by atoms with Crippen LogP contribution < -0.4 is 5.32 Å². The van der Waals surface area contributed by atoms with Gasteiger partial charge in [-0.2, -0.15) is 9.40 Å². The van der Waals surface area contributed by atoms with Crippen LogP contribution in [0.25, 0.3) is 5.69 Å². The van der Waals surface area contributed by atoms with E-state index in [4.69, 9.17) is 0 Å². The molecule has 0 bridgehead atoms. The summed E-state index contributed by atoms with van der Waals surface area (Å²) in [5.74, 6) is 0.414. The summed E-state index contributed by atoms with van der Waals surface area (Å²) in [5, 5.41) is 8.06. The highest BCUT2D eigenvalue weighted by Gasteiger charge is 2.38. The van der Waals surface area contributed by atoms with E-state index in [0.717, 1.165) is 31.5 Å². The third-order valence-corrected chi connectivity index (χ3v) is 7.80. The number of fused-ring (bicyclic) bond motifs is 1. The van der Waals surface area contributed by atoms with Gasteiger partial charge in [-0.1, -0.05) is 18.2 Å². The lowest BCUT2D eigenvalue weighted by atomic mass is 9.86. The fourth-order valence-corrected chi connectivity index (χ4v) is 6.25. The lowest BCUT2D eigenvalue weighted by Gasteiger charge is -2.41. The van der Waals surface area contributed by atoms with E-state index >= 15 is 0 Å². The van der Waals surface area contributed by atoms with Crippen LogP contribution in [0, 0.1) is 19.8 Å². The molecule has 2 fully saturated rings. The second-order valence-corrected chi connectivity index (χ2v) is 9.24.